The summed E-state index contributed by atoms with van der Waals surface area (Å²) in [6, 6.07) is -0.797. The summed E-state index contributed by atoms with van der Waals surface area (Å²) >= 11 is 0. The molecular weight excluding hydrogens is 1090 g/mol. The monoisotopic (exact) mass is 1230 g/mol. The number of aliphatic hydroxyl groups excluding tert-OH is 1. The predicted octanol–water partition coefficient (Wildman–Crippen LogP) is 23.2. The van der Waals surface area contributed by atoms with E-state index < -0.39 is 20.0 Å². The van der Waals surface area contributed by atoms with Crippen molar-refractivity contribution in [2.24, 2.45) is 0 Å². The van der Waals surface area contributed by atoms with E-state index in [0.29, 0.717) is 30.3 Å². The molecule has 8 nitrogen and oxygen atoms in total. The number of aliphatic hydroxyl groups is 1. The molecule has 0 heterocycles. The van der Waals surface area contributed by atoms with E-state index in [0.717, 1.165) is 109 Å². The zero-order valence-electron chi connectivity index (χ0n) is 57.0. The van der Waals surface area contributed by atoms with E-state index in [1.807, 2.05) is 21.1 Å². The highest BCUT2D eigenvalue weighted by Gasteiger charge is 2.28. The number of rotatable bonds is 64. The molecular formula is C78H136N2O6P+. The topological polar surface area (TPSA) is 105 Å². The van der Waals surface area contributed by atoms with Crippen LogP contribution in [0.2, 0.25) is 0 Å². The highest BCUT2D eigenvalue weighted by Crippen LogP contribution is 2.43. The SMILES string of the molecule is CC/C=C\C/C=C\C/C=C\C/C=C\C/C=C\C/C=C\C/C=C\C/C=C\C/C=C\C/C=C\C/C=C\C/C=C\CCCCC(=O)NC(COP(=O)(O)OCC[N+](C)(C)C)C(O)CCCCCCCCCCCCCCCCCCCCCCCCCCCC. The van der Waals surface area contributed by atoms with Crippen LogP contribution in [0.5, 0.6) is 0 Å². The Balaban J connectivity index is 4.20. The molecule has 0 saturated heterocycles. The predicted molar refractivity (Wildman–Crippen MR) is 382 cm³/mol. The third-order valence-corrected chi connectivity index (χ3v) is 16.3. The summed E-state index contributed by atoms with van der Waals surface area (Å²) in [5, 5.41) is 14.1. The zero-order chi connectivity index (χ0) is 63.4. The number of likely N-dealkylation sites (N-methyl/N-ethyl adjacent to an activating group) is 1. The van der Waals surface area contributed by atoms with Crippen molar-refractivity contribution < 1.29 is 32.9 Å². The van der Waals surface area contributed by atoms with Crippen LogP contribution in [0.25, 0.3) is 0 Å². The smallest absolute Gasteiger partial charge is 0.391 e. The van der Waals surface area contributed by atoms with Gasteiger partial charge in [-0.3, -0.25) is 13.8 Å². The highest BCUT2D eigenvalue weighted by molar-refractivity contribution is 7.47. The van der Waals surface area contributed by atoms with Gasteiger partial charge in [0.05, 0.1) is 39.9 Å². The zero-order valence-corrected chi connectivity index (χ0v) is 57.9. The van der Waals surface area contributed by atoms with Gasteiger partial charge in [-0.2, -0.15) is 0 Å². The number of hydrogen-bond acceptors (Lipinski definition) is 5. The van der Waals surface area contributed by atoms with Gasteiger partial charge in [0, 0.05) is 6.42 Å². The number of phosphoric acid groups is 1. The minimum Gasteiger partial charge on any atom is -0.391 e. The van der Waals surface area contributed by atoms with Gasteiger partial charge in [-0.25, -0.2) is 4.57 Å². The number of amides is 1. The molecule has 0 aliphatic carbocycles. The van der Waals surface area contributed by atoms with E-state index >= 15 is 0 Å². The molecule has 1 amide bonds. The fourth-order valence-electron chi connectivity index (χ4n) is 9.85. The van der Waals surface area contributed by atoms with Crippen LogP contribution in [-0.2, 0) is 18.4 Å². The first kappa shape index (κ1) is 83.4. The quantitative estimate of drug-likeness (QED) is 0.0243. The lowest BCUT2D eigenvalue weighted by atomic mass is 10.0. The molecule has 0 saturated carbocycles. The van der Waals surface area contributed by atoms with Crippen LogP contribution in [0.1, 0.15) is 290 Å². The van der Waals surface area contributed by atoms with Crippen LogP contribution >= 0.6 is 7.82 Å². The van der Waals surface area contributed by atoms with Crippen molar-refractivity contribution in [1.82, 2.24) is 5.32 Å². The first-order valence-corrected chi connectivity index (χ1v) is 37.2. The molecule has 0 spiro atoms. The van der Waals surface area contributed by atoms with Crippen molar-refractivity contribution in [3.8, 4) is 0 Å². The Morgan fingerprint density at radius 2 is 0.690 bits per heavy atom. The maximum Gasteiger partial charge on any atom is 0.472 e. The molecule has 87 heavy (non-hydrogen) atoms. The Bertz CT molecular complexity index is 1930. The molecule has 0 bridgehead atoms. The molecule has 0 aromatic rings. The van der Waals surface area contributed by atoms with Crippen molar-refractivity contribution in [3.05, 3.63) is 146 Å². The lowest BCUT2D eigenvalue weighted by Crippen LogP contribution is -2.46. The summed E-state index contributed by atoms with van der Waals surface area (Å²) in [4.78, 5) is 23.4. The molecule has 3 N–H and O–H groups in total. The van der Waals surface area contributed by atoms with Gasteiger partial charge in [-0.05, 0) is 103 Å². The van der Waals surface area contributed by atoms with Gasteiger partial charge in [0.25, 0.3) is 0 Å². The number of unbranched alkanes of at least 4 members (excludes halogenated alkanes) is 27. The Kier molecular flexibility index (Phi) is 64.0. The minimum absolute atomic E-state index is 0.0589. The second-order valence-electron chi connectivity index (χ2n) is 24.9. The Hall–Kier alpha value is -3.62. The molecule has 498 valence electrons. The van der Waals surface area contributed by atoms with Gasteiger partial charge < -0.3 is 19.8 Å². The normalized spacial score (nSPS) is 14.5. The maximum absolute atomic E-state index is 13.1. The van der Waals surface area contributed by atoms with Gasteiger partial charge in [0.1, 0.15) is 13.2 Å². The van der Waals surface area contributed by atoms with Gasteiger partial charge >= 0.3 is 7.82 Å². The number of carbonyl (C=O) groups excluding carboxylic acids is 1. The van der Waals surface area contributed by atoms with E-state index in [1.165, 1.54) is 148 Å². The second-order valence-corrected chi connectivity index (χ2v) is 26.3. The van der Waals surface area contributed by atoms with Crippen LogP contribution in [0.4, 0.5) is 0 Å². The fourth-order valence-corrected chi connectivity index (χ4v) is 10.6. The number of phosphoric ester groups is 1. The molecule has 0 rings (SSSR count). The van der Waals surface area contributed by atoms with Crippen molar-refractivity contribution in [2.45, 2.75) is 302 Å². The summed E-state index contributed by atoms with van der Waals surface area (Å²) in [6.45, 7) is 4.75. The lowest BCUT2D eigenvalue weighted by Gasteiger charge is -2.26. The third kappa shape index (κ3) is 69.7. The van der Waals surface area contributed by atoms with Crippen LogP contribution in [0, 0.1) is 0 Å². The number of nitrogens with zero attached hydrogens (tertiary/aromatic N) is 1. The van der Waals surface area contributed by atoms with E-state index in [1.54, 1.807) is 0 Å². The summed E-state index contributed by atoms with van der Waals surface area (Å²) in [5.41, 5.74) is 0. The number of hydrogen-bond donors (Lipinski definition) is 3. The van der Waals surface area contributed by atoms with Gasteiger partial charge in [0.2, 0.25) is 5.91 Å². The molecule has 0 fully saturated rings. The fraction of sp³-hybridized carbons (Fsp3) is 0.679. The van der Waals surface area contributed by atoms with Crippen molar-refractivity contribution in [3.63, 3.8) is 0 Å². The number of carbonyl (C=O) groups is 1. The Morgan fingerprint density at radius 3 is 0.989 bits per heavy atom. The van der Waals surface area contributed by atoms with E-state index in [2.05, 4.69) is 165 Å². The van der Waals surface area contributed by atoms with Gasteiger partial charge in [0.15, 0.2) is 0 Å². The van der Waals surface area contributed by atoms with E-state index in [4.69, 9.17) is 9.05 Å². The number of nitrogens with one attached hydrogen (secondary N) is 1. The largest absolute Gasteiger partial charge is 0.472 e. The first-order chi connectivity index (χ1) is 42.5. The van der Waals surface area contributed by atoms with Crippen molar-refractivity contribution >= 4 is 13.7 Å². The minimum atomic E-state index is -4.35. The first-order valence-electron chi connectivity index (χ1n) is 35.7. The summed E-state index contributed by atoms with van der Waals surface area (Å²) in [7, 11) is 1.57. The highest BCUT2D eigenvalue weighted by atomic mass is 31.2. The van der Waals surface area contributed by atoms with Crippen LogP contribution in [-0.4, -0.2) is 73.4 Å². The Labute approximate surface area is 538 Å². The maximum atomic E-state index is 13.1. The van der Waals surface area contributed by atoms with Gasteiger partial charge in [-0.15, -0.1) is 0 Å². The summed E-state index contributed by atoms with van der Waals surface area (Å²) < 4.78 is 23.9. The van der Waals surface area contributed by atoms with Crippen LogP contribution < -0.4 is 5.32 Å². The van der Waals surface area contributed by atoms with E-state index in [9.17, 15) is 19.4 Å². The van der Waals surface area contributed by atoms with Crippen molar-refractivity contribution in [1.29, 1.82) is 0 Å². The van der Waals surface area contributed by atoms with Crippen LogP contribution in [0.15, 0.2) is 146 Å². The average molecular weight is 1230 g/mol. The van der Waals surface area contributed by atoms with Gasteiger partial charge in [-0.1, -0.05) is 327 Å². The molecule has 0 aliphatic rings. The molecule has 9 heteroatoms. The molecule has 0 aromatic heterocycles. The number of quaternary nitrogens is 1. The third-order valence-electron chi connectivity index (χ3n) is 15.4. The second kappa shape index (κ2) is 66.8. The summed E-state index contributed by atoms with van der Waals surface area (Å²) in [5.74, 6) is -0.189. The standard InChI is InChI=1S/C78H135N2O6P/c1-6-8-10-12-14-16-18-20-22-24-26-28-30-32-34-35-36-37-38-39-40-41-42-43-44-45-46-48-50-52-54-56-58-60-62-64-66-68-70-72-78(82)79-76(75-86-87(83,84)85-74-73-80(3,4)5)77(81)71-69-67-65-63-61-59-57-55-53-51-49-47-33-31-29-27-25-23-21-19-17-15-13-11-9-7-2/h8,10,14,16,20,22,26,28,32,34,36-37,39-40,42-43,45-46,50,52,56,58,62,64,76-77,81H,6-7,9,11-13,15,17-19,21,23-25,27,29-31,33,35,38,41,44,47-49,51,53-55,57,59-61,63,65-75H2,1-5H3,(H-,79,82,83,84)/p+1/b10-8-,16-14-,22-20-,28-26-,34-32-,37-36-,40-39-,43-42-,46-45-,52-50-,58-56-,64-62-. The van der Waals surface area contributed by atoms with Crippen LogP contribution in [0.3, 0.4) is 0 Å². The van der Waals surface area contributed by atoms with E-state index in [-0.39, 0.29) is 19.1 Å². The summed E-state index contributed by atoms with van der Waals surface area (Å²) in [6.07, 6.45) is 102. The average Bonchev–Trinajstić information content (AvgIpc) is 3.69. The molecule has 3 unspecified atom stereocenters. The molecule has 0 aromatic carbocycles. The van der Waals surface area contributed by atoms with Crippen molar-refractivity contribution in [2.75, 3.05) is 40.9 Å². The molecule has 0 aliphatic heterocycles. The molecule has 0 radical (unpaired) electrons. The lowest BCUT2D eigenvalue weighted by molar-refractivity contribution is -0.870. The molecule has 3 atom stereocenters. The number of allylic oxidation sites excluding steroid dienone is 24. The Morgan fingerprint density at radius 1 is 0.402 bits per heavy atom.